The van der Waals surface area contributed by atoms with Gasteiger partial charge in [-0.05, 0) is 62.1 Å². The van der Waals surface area contributed by atoms with Crippen LogP contribution in [0.1, 0.15) is 30.4 Å². The number of hydrogen-bond donors (Lipinski definition) is 2. The number of unbranched alkanes of at least 4 members (excludes halogenated alkanes) is 1. The number of carbonyl (C=O) groups excluding carboxylic acids is 1. The quantitative estimate of drug-likeness (QED) is 0.361. The number of aromatic nitrogens is 1. The highest BCUT2D eigenvalue weighted by Gasteiger charge is 2.11. The summed E-state index contributed by atoms with van der Waals surface area (Å²) in [4.78, 5) is 15.7. The molecule has 0 saturated heterocycles. The molecule has 0 saturated carbocycles. The highest BCUT2D eigenvalue weighted by molar-refractivity contribution is 7.21. The molecule has 6 heteroatoms. The summed E-state index contributed by atoms with van der Waals surface area (Å²) < 4.78 is 7.11. The highest BCUT2D eigenvalue weighted by Crippen LogP contribution is 2.34. The Bertz CT molecular complexity index is 864. The third-order valence-electron chi connectivity index (χ3n) is 4.17. The van der Waals surface area contributed by atoms with Crippen molar-refractivity contribution >= 4 is 27.5 Å². The number of carbonyl (C=O) groups is 1. The molecule has 0 atom stereocenters. The van der Waals surface area contributed by atoms with Gasteiger partial charge in [0.05, 0.1) is 16.8 Å². The van der Waals surface area contributed by atoms with Crippen LogP contribution in [0.4, 0.5) is 0 Å². The molecule has 3 aromatic rings. The minimum absolute atomic E-state index is 0.300. The first-order chi connectivity index (χ1) is 12.6. The monoisotopic (exact) mass is 370 g/mol. The van der Waals surface area contributed by atoms with Gasteiger partial charge in [-0.1, -0.05) is 12.1 Å². The van der Waals surface area contributed by atoms with E-state index in [2.05, 4.69) is 18.2 Å². The number of nitrogens with one attached hydrogen (secondary N) is 1. The fourth-order valence-corrected chi connectivity index (χ4v) is 3.87. The number of ether oxygens (including phenoxy) is 1. The van der Waals surface area contributed by atoms with Gasteiger partial charge in [-0.2, -0.15) is 0 Å². The van der Waals surface area contributed by atoms with Crippen molar-refractivity contribution in [3.05, 3.63) is 47.5 Å². The third-order valence-corrected chi connectivity index (χ3v) is 5.26. The van der Waals surface area contributed by atoms with Crippen molar-refractivity contribution in [3.8, 4) is 16.3 Å². The fourth-order valence-electron chi connectivity index (χ4n) is 2.91. The van der Waals surface area contributed by atoms with Crippen LogP contribution in [0.5, 0.6) is 5.75 Å². The summed E-state index contributed by atoms with van der Waals surface area (Å²) in [5, 5.41) is 9.49. The molecule has 3 rings (SSSR count). The van der Waals surface area contributed by atoms with Gasteiger partial charge < -0.3 is 4.74 Å². The van der Waals surface area contributed by atoms with E-state index in [1.54, 1.807) is 16.8 Å². The second-order valence-electron chi connectivity index (χ2n) is 6.27. The van der Waals surface area contributed by atoms with E-state index in [0.29, 0.717) is 19.4 Å². The number of thiazole rings is 1. The second kappa shape index (κ2) is 8.29. The molecule has 5 nitrogen and oxygen atoms in total. The first kappa shape index (κ1) is 18.4. The molecule has 2 N–H and O–H groups in total. The number of amides is 1. The predicted molar refractivity (Wildman–Crippen MR) is 104 cm³/mol. The number of benzene rings is 2. The molecule has 0 aliphatic carbocycles. The van der Waals surface area contributed by atoms with Crippen molar-refractivity contribution in [3.63, 3.8) is 0 Å². The molecule has 136 valence electrons. The molecule has 0 aliphatic rings. The lowest BCUT2D eigenvalue weighted by molar-refractivity contribution is -0.129. The maximum atomic E-state index is 11.0. The van der Waals surface area contributed by atoms with E-state index >= 15 is 0 Å². The van der Waals surface area contributed by atoms with Gasteiger partial charge in [-0.15, -0.1) is 11.3 Å². The topological polar surface area (TPSA) is 71.5 Å². The van der Waals surface area contributed by atoms with Crippen molar-refractivity contribution in [2.24, 2.45) is 0 Å². The van der Waals surface area contributed by atoms with Crippen LogP contribution in [0.2, 0.25) is 0 Å². The van der Waals surface area contributed by atoms with Crippen molar-refractivity contribution in [2.75, 3.05) is 6.61 Å². The van der Waals surface area contributed by atoms with E-state index in [4.69, 9.17) is 14.9 Å². The molecule has 1 aromatic heterocycles. The standard InChI is InChI=1S/C20H22N2O3S/c1-13-11-15(20-21-16-7-3-4-8-17(16)26-20)12-14(2)19(13)25-10-6-5-9-18(23)22-24/h3-4,7-8,11-12,24H,5-6,9-10H2,1-2H3,(H,22,23). The number of fused-ring (bicyclic) bond motifs is 1. The Morgan fingerprint density at radius 3 is 2.62 bits per heavy atom. The summed E-state index contributed by atoms with van der Waals surface area (Å²) in [5.74, 6) is 0.527. The molecule has 0 unspecified atom stereocenters. The molecule has 0 radical (unpaired) electrons. The first-order valence-electron chi connectivity index (χ1n) is 8.61. The summed E-state index contributed by atoms with van der Waals surface area (Å²) in [5.41, 5.74) is 5.92. The zero-order valence-electron chi connectivity index (χ0n) is 14.9. The van der Waals surface area contributed by atoms with Gasteiger partial charge in [-0.3, -0.25) is 10.0 Å². The number of hydroxylamine groups is 1. The largest absolute Gasteiger partial charge is 0.493 e. The highest BCUT2D eigenvalue weighted by atomic mass is 32.1. The number of rotatable bonds is 7. The normalized spacial score (nSPS) is 10.9. The molecular weight excluding hydrogens is 348 g/mol. The number of para-hydroxylation sites is 1. The average molecular weight is 370 g/mol. The Labute approximate surface area is 156 Å². The molecule has 26 heavy (non-hydrogen) atoms. The van der Waals surface area contributed by atoms with Crippen molar-refractivity contribution < 1.29 is 14.7 Å². The number of aryl methyl sites for hydroxylation is 2. The first-order valence-corrected chi connectivity index (χ1v) is 9.43. The minimum atomic E-state index is -0.363. The lowest BCUT2D eigenvalue weighted by Crippen LogP contribution is -2.18. The molecular formula is C20H22N2O3S. The van der Waals surface area contributed by atoms with Crippen molar-refractivity contribution in [2.45, 2.75) is 33.1 Å². The van der Waals surface area contributed by atoms with Crippen molar-refractivity contribution in [1.82, 2.24) is 10.5 Å². The van der Waals surface area contributed by atoms with E-state index in [9.17, 15) is 4.79 Å². The van der Waals surface area contributed by atoms with E-state index in [1.807, 2.05) is 32.0 Å². The van der Waals surface area contributed by atoms with Gasteiger partial charge in [0.25, 0.3) is 0 Å². The Morgan fingerprint density at radius 1 is 1.19 bits per heavy atom. The van der Waals surface area contributed by atoms with E-state index in [1.165, 1.54) is 4.70 Å². The van der Waals surface area contributed by atoms with Gasteiger partial charge in [0.1, 0.15) is 10.8 Å². The SMILES string of the molecule is Cc1cc(-c2nc3ccccc3s2)cc(C)c1OCCCCC(=O)NO. The zero-order chi connectivity index (χ0) is 18.5. The number of hydrogen-bond acceptors (Lipinski definition) is 5. The Kier molecular flexibility index (Phi) is 5.85. The molecule has 0 spiro atoms. The Morgan fingerprint density at radius 2 is 1.92 bits per heavy atom. The summed E-state index contributed by atoms with van der Waals surface area (Å²) in [6.45, 7) is 4.62. The van der Waals surface area contributed by atoms with Crippen LogP contribution in [0.3, 0.4) is 0 Å². The van der Waals surface area contributed by atoms with Crippen LogP contribution < -0.4 is 10.2 Å². The van der Waals surface area contributed by atoms with E-state index < -0.39 is 0 Å². The van der Waals surface area contributed by atoms with Crippen LogP contribution in [0.15, 0.2) is 36.4 Å². The van der Waals surface area contributed by atoms with Gasteiger partial charge in [0.2, 0.25) is 5.91 Å². The smallest absolute Gasteiger partial charge is 0.243 e. The predicted octanol–water partition coefficient (Wildman–Crippen LogP) is 4.63. The van der Waals surface area contributed by atoms with Crippen LogP contribution in [-0.2, 0) is 4.79 Å². The number of nitrogens with zero attached hydrogens (tertiary/aromatic N) is 1. The van der Waals surface area contributed by atoms with Gasteiger partial charge in [0, 0.05) is 12.0 Å². The van der Waals surface area contributed by atoms with Crippen LogP contribution in [-0.4, -0.2) is 22.7 Å². The minimum Gasteiger partial charge on any atom is -0.493 e. The van der Waals surface area contributed by atoms with Crippen LogP contribution in [0, 0.1) is 13.8 Å². The van der Waals surface area contributed by atoms with Gasteiger partial charge >= 0.3 is 0 Å². The average Bonchev–Trinajstić information content (AvgIpc) is 3.07. The summed E-state index contributed by atoms with van der Waals surface area (Å²) in [6.07, 6.45) is 1.73. The second-order valence-corrected chi connectivity index (χ2v) is 7.30. The maximum absolute atomic E-state index is 11.0. The Balaban J connectivity index is 1.69. The van der Waals surface area contributed by atoms with Crippen molar-refractivity contribution in [1.29, 1.82) is 0 Å². The molecule has 0 bridgehead atoms. The molecule has 1 heterocycles. The Hall–Kier alpha value is -2.44. The third kappa shape index (κ3) is 4.20. The molecule has 0 aliphatic heterocycles. The van der Waals surface area contributed by atoms with Crippen LogP contribution in [0.25, 0.3) is 20.8 Å². The lowest BCUT2D eigenvalue weighted by atomic mass is 10.1. The summed E-state index contributed by atoms with van der Waals surface area (Å²) in [6, 6.07) is 12.4. The van der Waals surface area contributed by atoms with Gasteiger partial charge in [0.15, 0.2) is 0 Å². The maximum Gasteiger partial charge on any atom is 0.243 e. The molecule has 0 fully saturated rings. The van der Waals surface area contributed by atoms with Crippen LogP contribution >= 0.6 is 11.3 Å². The lowest BCUT2D eigenvalue weighted by Gasteiger charge is -2.13. The molecule has 2 aromatic carbocycles. The fraction of sp³-hybridized carbons (Fsp3) is 0.300. The summed E-state index contributed by atoms with van der Waals surface area (Å²) >= 11 is 1.69. The zero-order valence-corrected chi connectivity index (χ0v) is 15.7. The molecule has 1 amide bonds. The van der Waals surface area contributed by atoms with Gasteiger partial charge in [-0.25, -0.2) is 10.5 Å². The van der Waals surface area contributed by atoms with E-state index in [0.717, 1.165) is 39.4 Å². The summed E-state index contributed by atoms with van der Waals surface area (Å²) in [7, 11) is 0. The van der Waals surface area contributed by atoms with E-state index in [-0.39, 0.29) is 5.91 Å².